The molecule has 3 heteroatoms. The Bertz CT molecular complexity index is 435. The first kappa shape index (κ1) is 25.1. The van der Waals surface area contributed by atoms with Gasteiger partial charge in [-0.05, 0) is 6.42 Å². The van der Waals surface area contributed by atoms with Gasteiger partial charge in [-0.15, -0.1) is 12.4 Å². The molecule has 0 aliphatic heterocycles. The first-order valence-corrected chi connectivity index (χ1v) is 10.6. The van der Waals surface area contributed by atoms with Gasteiger partial charge in [0.25, 0.3) is 0 Å². The Morgan fingerprint density at radius 1 is 0.769 bits per heavy atom. The summed E-state index contributed by atoms with van der Waals surface area (Å²) >= 11 is 0. The predicted molar refractivity (Wildman–Crippen MR) is 116 cm³/mol. The Kier molecular flexibility index (Phi) is 17.0. The first-order chi connectivity index (χ1) is 12.3. The molecule has 0 radical (unpaired) electrons. The van der Waals surface area contributed by atoms with Crippen LogP contribution in [0.5, 0.6) is 0 Å². The smallest absolute Gasteiger partial charge is 0.179 e. The summed E-state index contributed by atoms with van der Waals surface area (Å²) in [4.78, 5) is 12.2. The molecule has 0 aliphatic rings. The predicted octanol–water partition coefficient (Wildman–Crippen LogP) is 7.10. The van der Waals surface area contributed by atoms with E-state index in [2.05, 4.69) is 6.92 Å². The number of nitrogens with two attached hydrogens (primary N) is 1. The number of hydrogen-bond acceptors (Lipinski definition) is 2. The lowest BCUT2D eigenvalue weighted by atomic mass is 9.99. The van der Waals surface area contributed by atoms with Crippen molar-refractivity contribution in [1.82, 2.24) is 0 Å². The highest BCUT2D eigenvalue weighted by molar-refractivity contribution is 5.99. The zero-order valence-corrected chi connectivity index (χ0v) is 17.6. The van der Waals surface area contributed by atoms with Crippen molar-refractivity contribution < 1.29 is 4.79 Å². The van der Waals surface area contributed by atoms with E-state index in [0.717, 1.165) is 18.4 Å². The van der Waals surface area contributed by atoms with E-state index in [1.807, 2.05) is 30.3 Å². The van der Waals surface area contributed by atoms with E-state index in [4.69, 9.17) is 5.73 Å². The maximum Gasteiger partial charge on any atom is 0.179 e. The molecule has 1 aromatic carbocycles. The quantitative estimate of drug-likeness (QED) is 0.245. The van der Waals surface area contributed by atoms with Crippen LogP contribution in [-0.2, 0) is 0 Å². The molecule has 1 atom stereocenters. The van der Waals surface area contributed by atoms with Crippen LogP contribution in [-0.4, -0.2) is 11.8 Å². The van der Waals surface area contributed by atoms with Gasteiger partial charge in [-0.3, -0.25) is 4.79 Å². The van der Waals surface area contributed by atoms with E-state index in [9.17, 15) is 4.79 Å². The summed E-state index contributed by atoms with van der Waals surface area (Å²) in [5.74, 6) is 0.0829. The van der Waals surface area contributed by atoms with Crippen molar-refractivity contribution in [2.45, 2.75) is 103 Å². The molecule has 1 rings (SSSR count). The van der Waals surface area contributed by atoms with Gasteiger partial charge in [-0.25, -0.2) is 0 Å². The van der Waals surface area contributed by atoms with Gasteiger partial charge in [0.2, 0.25) is 0 Å². The van der Waals surface area contributed by atoms with Crippen molar-refractivity contribution >= 4 is 18.2 Å². The van der Waals surface area contributed by atoms with Crippen LogP contribution < -0.4 is 5.73 Å². The van der Waals surface area contributed by atoms with Crippen molar-refractivity contribution in [3.05, 3.63) is 35.9 Å². The molecule has 0 fully saturated rings. The minimum Gasteiger partial charge on any atom is -0.321 e. The second-order valence-corrected chi connectivity index (χ2v) is 7.37. The molecule has 0 saturated heterocycles. The van der Waals surface area contributed by atoms with Gasteiger partial charge in [0.1, 0.15) is 0 Å². The third-order valence-corrected chi connectivity index (χ3v) is 5.01. The van der Waals surface area contributed by atoms with Crippen molar-refractivity contribution in [2.75, 3.05) is 0 Å². The Balaban J connectivity index is 0.00000625. The number of rotatable bonds is 16. The largest absolute Gasteiger partial charge is 0.321 e. The second-order valence-electron chi connectivity index (χ2n) is 7.37. The number of benzene rings is 1. The molecule has 2 nitrogen and oxygen atoms in total. The standard InChI is InChI=1S/C23H39NO.ClH/c1-2-3-4-5-6-7-8-9-10-11-12-13-17-20-22(24)23(25)21-18-15-14-16-19-21;/h14-16,18-19,22H,2-13,17,20,24H2,1H3;1H. The van der Waals surface area contributed by atoms with E-state index in [0.29, 0.717) is 0 Å². The fraction of sp³-hybridized carbons (Fsp3) is 0.696. The minimum atomic E-state index is -0.338. The van der Waals surface area contributed by atoms with E-state index in [1.165, 1.54) is 77.0 Å². The fourth-order valence-corrected chi connectivity index (χ4v) is 3.33. The summed E-state index contributed by atoms with van der Waals surface area (Å²) in [6.07, 6.45) is 18.3. The zero-order valence-electron chi connectivity index (χ0n) is 16.8. The normalized spacial score (nSPS) is 11.8. The summed E-state index contributed by atoms with van der Waals surface area (Å²) in [6.45, 7) is 2.27. The molecule has 150 valence electrons. The lowest BCUT2D eigenvalue weighted by Crippen LogP contribution is -2.30. The molecule has 2 N–H and O–H groups in total. The second kappa shape index (κ2) is 17.5. The van der Waals surface area contributed by atoms with Crippen LogP contribution in [0.3, 0.4) is 0 Å². The van der Waals surface area contributed by atoms with Crippen LogP contribution in [0, 0.1) is 0 Å². The monoisotopic (exact) mass is 381 g/mol. The Hall–Kier alpha value is -0.860. The molecule has 0 heterocycles. The van der Waals surface area contributed by atoms with E-state index in [1.54, 1.807) is 0 Å². The number of unbranched alkanes of at least 4 members (excludes halogenated alkanes) is 12. The van der Waals surface area contributed by atoms with Crippen LogP contribution in [0.1, 0.15) is 107 Å². The van der Waals surface area contributed by atoms with Crippen LogP contribution in [0.15, 0.2) is 30.3 Å². The summed E-state index contributed by atoms with van der Waals surface area (Å²) in [6, 6.07) is 9.08. The van der Waals surface area contributed by atoms with Crippen molar-refractivity contribution in [3.63, 3.8) is 0 Å². The number of Topliss-reactive ketones (excluding diaryl/α,β-unsaturated/α-hetero) is 1. The SMILES string of the molecule is CCCCCCCCCCCCCCCC(N)C(=O)c1ccccc1.Cl. The van der Waals surface area contributed by atoms with Crippen molar-refractivity contribution in [1.29, 1.82) is 0 Å². The zero-order chi connectivity index (χ0) is 18.2. The molecule has 1 aromatic rings. The van der Waals surface area contributed by atoms with E-state index >= 15 is 0 Å². The maximum atomic E-state index is 12.2. The van der Waals surface area contributed by atoms with Crippen LogP contribution in [0.4, 0.5) is 0 Å². The highest BCUT2D eigenvalue weighted by atomic mass is 35.5. The molecule has 0 aromatic heterocycles. The molecule has 0 spiro atoms. The number of ketones is 1. The fourth-order valence-electron chi connectivity index (χ4n) is 3.33. The van der Waals surface area contributed by atoms with Gasteiger partial charge in [0.15, 0.2) is 5.78 Å². The van der Waals surface area contributed by atoms with Crippen molar-refractivity contribution in [2.24, 2.45) is 5.73 Å². The number of halogens is 1. The molecule has 0 saturated carbocycles. The van der Waals surface area contributed by atoms with Crippen molar-refractivity contribution in [3.8, 4) is 0 Å². The first-order valence-electron chi connectivity index (χ1n) is 10.6. The van der Waals surface area contributed by atoms with Crippen LogP contribution in [0.2, 0.25) is 0 Å². The third kappa shape index (κ3) is 12.5. The number of carbonyl (C=O) groups excluding carboxylic acids is 1. The van der Waals surface area contributed by atoms with Gasteiger partial charge in [0.05, 0.1) is 6.04 Å². The van der Waals surface area contributed by atoms with Gasteiger partial charge < -0.3 is 5.73 Å². The van der Waals surface area contributed by atoms with Crippen LogP contribution in [0.25, 0.3) is 0 Å². The Morgan fingerprint density at radius 2 is 1.19 bits per heavy atom. The number of hydrogen-bond donors (Lipinski definition) is 1. The summed E-state index contributed by atoms with van der Waals surface area (Å²) in [7, 11) is 0. The minimum absolute atomic E-state index is 0. The maximum absolute atomic E-state index is 12.2. The topological polar surface area (TPSA) is 43.1 Å². The van der Waals surface area contributed by atoms with Gasteiger partial charge in [0, 0.05) is 5.56 Å². The van der Waals surface area contributed by atoms with Gasteiger partial charge in [-0.1, -0.05) is 121 Å². The summed E-state index contributed by atoms with van der Waals surface area (Å²) in [5.41, 5.74) is 6.78. The van der Waals surface area contributed by atoms with Gasteiger partial charge >= 0.3 is 0 Å². The summed E-state index contributed by atoms with van der Waals surface area (Å²) < 4.78 is 0. The average Bonchev–Trinajstić information content (AvgIpc) is 2.65. The lowest BCUT2D eigenvalue weighted by molar-refractivity contribution is 0.0956. The molecule has 1 unspecified atom stereocenters. The van der Waals surface area contributed by atoms with Gasteiger partial charge in [-0.2, -0.15) is 0 Å². The van der Waals surface area contributed by atoms with E-state index < -0.39 is 0 Å². The highest BCUT2D eigenvalue weighted by Crippen LogP contribution is 2.14. The highest BCUT2D eigenvalue weighted by Gasteiger charge is 2.14. The summed E-state index contributed by atoms with van der Waals surface area (Å²) in [5, 5.41) is 0. The molecule has 26 heavy (non-hydrogen) atoms. The lowest BCUT2D eigenvalue weighted by Gasteiger charge is -2.10. The van der Waals surface area contributed by atoms with Crippen LogP contribution >= 0.6 is 12.4 Å². The Labute approximate surface area is 167 Å². The average molecular weight is 382 g/mol. The third-order valence-electron chi connectivity index (χ3n) is 5.01. The Morgan fingerprint density at radius 3 is 1.65 bits per heavy atom. The molecule has 0 aliphatic carbocycles. The molecular weight excluding hydrogens is 342 g/mol. The number of carbonyl (C=O) groups is 1. The molecular formula is C23H40ClNO. The van der Waals surface area contributed by atoms with E-state index in [-0.39, 0.29) is 24.2 Å². The molecule has 0 amide bonds. The molecule has 0 bridgehead atoms.